The Hall–Kier alpha value is -2.74. The first-order valence-corrected chi connectivity index (χ1v) is 10.3. The molecule has 4 heterocycles. The molecule has 0 aliphatic carbocycles. The van der Waals surface area contributed by atoms with Crippen LogP contribution in [0.4, 0.5) is 0 Å². The Kier molecular flexibility index (Phi) is 5.89. The minimum Gasteiger partial charge on any atom is -0.361 e. The molecule has 0 atom stereocenters. The van der Waals surface area contributed by atoms with Gasteiger partial charge >= 0.3 is 0 Å². The van der Waals surface area contributed by atoms with Crippen molar-refractivity contribution in [2.75, 3.05) is 19.6 Å². The third kappa shape index (κ3) is 4.64. The molecule has 0 bridgehead atoms. The van der Waals surface area contributed by atoms with Gasteiger partial charge in [-0.05, 0) is 58.2 Å². The lowest BCUT2D eigenvalue weighted by Gasteiger charge is -2.31. The molecule has 1 aliphatic heterocycles. The molecule has 4 rings (SSSR count). The summed E-state index contributed by atoms with van der Waals surface area (Å²) in [5.41, 5.74) is 4.02. The Balaban J connectivity index is 1.18. The molecule has 1 fully saturated rings. The van der Waals surface area contributed by atoms with E-state index in [2.05, 4.69) is 25.5 Å². The number of likely N-dealkylation sites (tertiary alicyclic amines) is 1. The van der Waals surface area contributed by atoms with Crippen molar-refractivity contribution in [1.82, 2.24) is 30.0 Å². The van der Waals surface area contributed by atoms with Crippen molar-refractivity contribution < 1.29 is 9.32 Å². The predicted molar refractivity (Wildman–Crippen MR) is 108 cm³/mol. The van der Waals surface area contributed by atoms with Gasteiger partial charge in [0.05, 0.1) is 11.9 Å². The normalized spacial score (nSPS) is 15.8. The molecule has 29 heavy (non-hydrogen) atoms. The third-order valence-corrected chi connectivity index (χ3v) is 5.82. The van der Waals surface area contributed by atoms with E-state index in [1.54, 1.807) is 6.20 Å². The van der Waals surface area contributed by atoms with Gasteiger partial charge in [-0.1, -0.05) is 5.16 Å². The molecule has 0 saturated carbocycles. The molecule has 154 valence electrons. The molecule has 8 heteroatoms. The number of carbonyl (C=O) groups excluding carboxylic acids is 1. The van der Waals surface area contributed by atoms with E-state index in [4.69, 9.17) is 4.52 Å². The number of fused-ring (bicyclic) bond motifs is 1. The summed E-state index contributed by atoms with van der Waals surface area (Å²) < 4.78 is 6.98. The topological polar surface area (TPSA) is 88.6 Å². The van der Waals surface area contributed by atoms with Crippen LogP contribution in [0.1, 0.15) is 41.8 Å². The van der Waals surface area contributed by atoms with Gasteiger partial charge in [0.15, 0.2) is 5.65 Å². The second-order valence-electron chi connectivity index (χ2n) is 7.88. The molecule has 0 unspecified atom stereocenters. The van der Waals surface area contributed by atoms with E-state index >= 15 is 0 Å². The number of nitrogens with one attached hydrogen (secondary N) is 1. The molecule has 3 aromatic rings. The number of carbonyl (C=O) groups is 1. The predicted octanol–water partition coefficient (Wildman–Crippen LogP) is 2.30. The van der Waals surface area contributed by atoms with Gasteiger partial charge in [0.1, 0.15) is 5.76 Å². The molecule has 0 radical (unpaired) electrons. The van der Waals surface area contributed by atoms with Crippen LogP contribution in [-0.4, -0.2) is 50.2 Å². The van der Waals surface area contributed by atoms with E-state index in [0.29, 0.717) is 18.8 Å². The van der Waals surface area contributed by atoms with Crippen LogP contribution >= 0.6 is 0 Å². The summed E-state index contributed by atoms with van der Waals surface area (Å²) in [7, 11) is 0. The molecule has 1 N–H and O–H groups in total. The van der Waals surface area contributed by atoms with E-state index in [1.807, 2.05) is 36.8 Å². The van der Waals surface area contributed by atoms with Crippen molar-refractivity contribution in [3.63, 3.8) is 0 Å². The van der Waals surface area contributed by atoms with E-state index in [0.717, 1.165) is 67.2 Å². The van der Waals surface area contributed by atoms with Gasteiger partial charge in [-0.15, -0.1) is 0 Å². The summed E-state index contributed by atoms with van der Waals surface area (Å²) in [6.45, 7) is 7.50. The van der Waals surface area contributed by atoms with E-state index in [9.17, 15) is 4.79 Å². The number of hydrogen-bond acceptors (Lipinski definition) is 6. The Morgan fingerprint density at radius 2 is 2.14 bits per heavy atom. The SMILES string of the molecule is Cc1noc(C)c1CCC(=O)NCC1CCN(Cc2cnn3cccnc23)CC1. The first kappa shape index (κ1) is 19.6. The van der Waals surface area contributed by atoms with Crippen LogP contribution in [0, 0.1) is 19.8 Å². The number of aromatic nitrogens is 4. The number of nitrogens with zero attached hydrogens (tertiary/aromatic N) is 5. The Bertz CT molecular complexity index is 951. The van der Waals surface area contributed by atoms with Gasteiger partial charge in [0.2, 0.25) is 5.91 Å². The number of hydrogen-bond donors (Lipinski definition) is 1. The Morgan fingerprint density at radius 3 is 2.90 bits per heavy atom. The van der Waals surface area contributed by atoms with Crippen LogP contribution in [0.15, 0.2) is 29.2 Å². The van der Waals surface area contributed by atoms with E-state index in [-0.39, 0.29) is 5.91 Å². The van der Waals surface area contributed by atoms with Gasteiger partial charge in [0, 0.05) is 43.0 Å². The van der Waals surface area contributed by atoms with Crippen LogP contribution < -0.4 is 5.32 Å². The second-order valence-corrected chi connectivity index (χ2v) is 7.88. The zero-order valence-electron chi connectivity index (χ0n) is 17.1. The number of amides is 1. The van der Waals surface area contributed by atoms with Crippen molar-refractivity contribution in [2.45, 2.75) is 46.1 Å². The first-order valence-electron chi connectivity index (χ1n) is 10.3. The zero-order chi connectivity index (χ0) is 20.2. The van der Waals surface area contributed by atoms with Crippen LogP contribution in [0.5, 0.6) is 0 Å². The maximum absolute atomic E-state index is 12.2. The highest BCUT2D eigenvalue weighted by Gasteiger charge is 2.21. The van der Waals surface area contributed by atoms with Gasteiger partial charge in [-0.3, -0.25) is 9.69 Å². The highest BCUT2D eigenvalue weighted by Crippen LogP contribution is 2.20. The first-order chi connectivity index (χ1) is 14.1. The second kappa shape index (κ2) is 8.73. The van der Waals surface area contributed by atoms with Crippen molar-refractivity contribution in [1.29, 1.82) is 0 Å². The molecular formula is C21H28N6O2. The number of piperidine rings is 1. The lowest BCUT2D eigenvalue weighted by molar-refractivity contribution is -0.121. The largest absolute Gasteiger partial charge is 0.361 e. The van der Waals surface area contributed by atoms with Crippen molar-refractivity contribution >= 4 is 11.6 Å². The molecule has 0 spiro atoms. The average molecular weight is 396 g/mol. The lowest BCUT2D eigenvalue weighted by Crippen LogP contribution is -2.38. The van der Waals surface area contributed by atoms with Crippen LogP contribution in [0.3, 0.4) is 0 Å². The fraction of sp³-hybridized carbons (Fsp3) is 0.524. The fourth-order valence-electron chi connectivity index (χ4n) is 4.02. The van der Waals surface area contributed by atoms with Crippen LogP contribution in [-0.2, 0) is 17.8 Å². The molecule has 0 aromatic carbocycles. The van der Waals surface area contributed by atoms with Gasteiger partial charge in [-0.25, -0.2) is 9.50 Å². The monoisotopic (exact) mass is 396 g/mol. The van der Waals surface area contributed by atoms with Gasteiger partial charge in [0.25, 0.3) is 0 Å². The molecule has 8 nitrogen and oxygen atoms in total. The Labute approximate surface area is 170 Å². The van der Waals surface area contributed by atoms with E-state index in [1.165, 1.54) is 0 Å². The molecular weight excluding hydrogens is 368 g/mol. The Morgan fingerprint density at radius 1 is 1.31 bits per heavy atom. The number of rotatable bonds is 7. The molecule has 3 aromatic heterocycles. The van der Waals surface area contributed by atoms with Gasteiger partial charge in [-0.2, -0.15) is 5.10 Å². The quantitative estimate of drug-likeness (QED) is 0.659. The minimum absolute atomic E-state index is 0.102. The van der Waals surface area contributed by atoms with Crippen LogP contribution in [0.2, 0.25) is 0 Å². The zero-order valence-corrected chi connectivity index (χ0v) is 17.1. The third-order valence-electron chi connectivity index (χ3n) is 5.82. The fourth-order valence-corrected chi connectivity index (χ4v) is 4.02. The smallest absolute Gasteiger partial charge is 0.220 e. The van der Waals surface area contributed by atoms with Gasteiger partial charge < -0.3 is 9.84 Å². The maximum Gasteiger partial charge on any atom is 0.220 e. The van der Waals surface area contributed by atoms with Crippen molar-refractivity contribution in [3.8, 4) is 0 Å². The van der Waals surface area contributed by atoms with Crippen LogP contribution in [0.25, 0.3) is 5.65 Å². The lowest BCUT2D eigenvalue weighted by atomic mass is 9.96. The standard InChI is InChI=1S/C21H28N6O2/c1-15-19(16(2)29-25-15)4-5-20(28)23-12-17-6-10-26(11-7-17)14-18-13-24-27-9-3-8-22-21(18)27/h3,8-9,13,17H,4-7,10-12,14H2,1-2H3,(H,23,28). The summed E-state index contributed by atoms with van der Waals surface area (Å²) >= 11 is 0. The summed E-state index contributed by atoms with van der Waals surface area (Å²) in [6, 6.07) is 1.89. The summed E-state index contributed by atoms with van der Waals surface area (Å²) in [6.07, 6.45) is 8.98. The highest BCUT2D eigenvalue weighted by atomic mass is 16.5. The summed E-state index contributed by atoms with van der Waals surface area (Å²) in [5, 5.41) is 11.4. The average Bonchev–Trinajstić information content (AvgIpc) is 3.29. The minimum atomic E-state index is 0.102. The molecule has 1 saturated heterocycles. The molecule has 1 aliphatic rings. The summed E-state index contributed by atoms with van der Waals surface area (Å²) in [5.74, 6) is 1.45. The summed E-state index contributed by atoms with van der Waals surface area (Å²) in [4.78, 5) is 19.1. The van der Waals surface area contributed by atoms with Crippen molar-refractivity contribution in [2.24, 2.45) is 5.92 Å². The maximum atomic E-state index is 12.2. The molecule has 1 amide bonds. The number of aryl methyl sites for hydroxylation is 2. The van der Waals surface area contributed by atoms with E-state index < -0.39 is 0 Å². The van der Waals surface area contributed by atoms with Crippen molar-refractivity contribution in [3.05, 3.63) is 47.2 Å². The highest BCUT2D eigenvalue weighted by molar-refractivity contribution is 5.76.